The molecule has 0 aromatic heterocycles. The number of nitrogens with one attached hydrogen (secondary N) is 1. The van der Waals surface area contributed by atoms with Crippen LogP contribution in [0.25, 0.3) is 0 Å². The van der Waals surface area contributed by atoms with Crippen LogP contribution < -0.4 is 5.32 Å². The Labute approximate surface area is 159 Å². The molecule has 0 unspecified atom stereocenters. The fraction of sp³-hybridized carbons (Fsp3) is 0.381. The van der Waals surface area contributed by atoms with E-state index >= 15 is 0 Å². The van der Waals surface area contributed by atoms with Gasteiger partial charge in [0.1, 0.15) is 5.82 Å². The SMILES string of the molecule is O=C(NC[C@@H](c1ccccc1Cl)N1CCCCCC1)c1ccccc1F. The summed E-state index contributed by atoms with van der Waals surface area (Å²) in [4.78, 5) is 14.8. The van der Waals surface area contributed by atoms with Crippen molar-refractivity contribution in [3.8, 4) is 0 Å². The van der Waals surface area contributed by atoms with Crippen LogP contribution in [0, 0.1) is 5.82 Å². The average Bonchev–Trinajstić information content (AvgIpc) is 2.93. The lowest BCUT2D eigenvalue weighted by Gasteiger charge is -2.31. The Bertz CT molecular complexity index is 744. The van der Waals surface area contributed by atoms with Crippen molar-refractivity contribution in [2.24, 2.45) is 0 Å². The Morgan fingerprint density at radius 3 is 2.38 bits per heavy atom. The van der Waals surface area contributed by atoms with Crippen LogP contribution in [0.15, 0.2) is 48.5 Å². The van der Waals surface area contributed by atoms with Gasteiger partial charge < -0.3 is 5.32 Å². The van der Waals surface area contributed by atoms with E-state index in [2.05, 4.69) is 10.2 Å². The highest BCUT2D eigenvalue weighted by Crippen LogP contribution is 2.29. The molecule has 3 rings (SSSR count). The van der Waals surface area contributed by atoms with Gasteiger partial charge in [-0.25, -0.2) is 4.39 Å². The largest absolute Gasteiger partial charge is 0.350 e. The zero-order valence-corrected chi connectivity index (χ0v) is 15.5. The highest BCUT2D eigenvalue weighted by atomic mass is 35.5. The van der Waals surface area contributed by atoms with Gasteiger partial charge >= 0.3 is 0 Å². The third kappa shape index (κ3) is 4.63. The van der Waals surface area contributed by atoms with Crippen molar-refractivity contribution in [1.29, 1.82) is 0 Å². The van der Waals surface area contributed by atoms with E-state index in [1.165, 1.54) is 25.0 Å². The fourth-order valence-electron chi connectivity index (χ4n) is 3.52. The maximum absolute atomic E-state index is 13.9. The molecule has 1 amide bonds. The van der Waals surface area contributed by atoms with E-state index in [4.69, 9.17) is 11.6 Å². The van der Waals surface area contributed by atoms with Gasteiger partial charge in [-0.3, -0.25) is 9.69 Å². The van der Waals surface area contributed by atoms with Crippen molar-refractivity contribution in [2.45, 2.75) is 31.7 Å². The van der Waals surface area contributed by atoms with Crippen molar-refractivity contribution in [2.75, 3.05) is 19.6 Å². The molecule has 2 aromatic rings. The van der Waals surface area contributed by atoms with Gasteiger partial charge in [-0.2, -0.15) is 0 Å². The zero-order chi connectivity index (χ0) is 18.4. The molecule has 1 N–H and O–H groups in total. The average molecular weight is 375 g/mol. The van der Waals surface area contributed by atoms with Crippen LogP contribution >= 0.6 is 11.6 Å². The summed E-state index contributed by atoms with van der Waals surface area (Å²) in [5.74, 6) is -0.899. The zero-order valence-electron chi connectivity index (χ0n) is 14.8. The van der Waals surface area contributed by atoms with Crippen molar-refractivity contribution < 1.29 is 9.18 Å². The maximum atomic E-state index is 13.9. The van der Waals surface area contributed by atoms with E-state index in [9.17, 15) is 9.18 Å². The first kappa shape index (κ1) is 18.9. The van der Waals surface area contributed by atoms with E-state index in [0.29, 0.717) is 11.6 Å². The molecule has 2 aromatic carbocycles. The summed E-state index contributed by atoms with van der Waals surface area (Å²) in [6.07, 6.45) is 4.74. The summed E-state index contributed by atoms with van der Waals surface area (Å²) in [6.45, 7) is 2.35. The molecule has 0 radical (unpaired) electrons. The predicted octanol–water partition coefficient (Wildman–Crippen LogP) is 4.83. The van der Waals surface area contributed by atoms with Crippen LogP contribution in [0.4, 0.5) is 4.39 Å². The summed E-state index contributed by atoms with van der Waals surface area (Å²) < 4.78 is 13.9. The van der Waals surface area contributed by atoms with Crippen LogP contribution in [-0.4, -0.2) is 30.4 Å². The standard InChI is InChI=1S/C21H24ClFN2O/c22-18-11-5-3-9-16(18)20(25-13-7-1-2-8-14-25)15-24-21(26)17-10-4-6-12-19(17)23/h3-6,9-12,20H,1-2,7-8,13-15H2,(H,24,26)/t20-/m0/s1. The van der Waals surface area contributed by atoms with Crippen LogP contribution in [0.2, 0.25) is 5.02 Å². The van der Waals surface area contributed by atoms with E-state index in [-0.39, 0.29) is 11.6 Å². The molecule has 0 spiro atoms. The van der Waals surface area contributed by atoms with Gasteiger partial charge in [-0.05, 0) is 49.7 Å². The lowest BCUT2D eigenvalue weighted by molar-refractivity contribution is 0.0929. The summed E-state index contributed by atoms with van der Waals surface area (Å²) in [5.41, 5.74) is 1.08. The number of carbonyl (C=O) groups excluding carboxylic acids is 1. The highest BCUT2D eigenvalue weighted by molar-refractivity contribution is 6.31. The molecular formula is C21H24ClFN2O. The number of halogens is 2. The molecule has 0 bridgehead atoms. The normalized spacial score (nSPS) is 16.7. The van der Waals surface area contributed by atoms with Gasteiger partial charge in [0, 0.05) is 11.6 Å². The Morgan fingerprint density at radius 2 is 1.69 bits per heavy atom. The number of benzene rings is 2. The highest BCUT2D eigenvalue weighted by Gasteiger charge is 2.24. The Balaban J connectivity index is 1.78. The molecular weight excluding hydrogens is 351 g/mol. The third-order valence-electron chi connectivity index (χ3n) is 4.92. The molecule has 3 nitrogen and oxygen atoms in total. The van der Waals surface area contributed by atoms with E-state index in [1.807, 2.05) is 24.3 Å². The number of rotatable bonds is 5. The molecule has 26 heavy (non-hydrogen) atoms. The van der Waals surface area contributed by atoms with E-state index in [0.717, 1.165) is 31.5 Å². The molecule has 1 aliphatic rings. The van der Waals surface area contributed by atoms with Crippen molar-refractivity contribution in [3.05, 3.63) is 70.5 Å². The maximum Gasteiger partial charge on any atom is 0.254 e. The number of hydrogen-bond acceptors (Lipinski definition) is 2. The number of hydrogen-bond donors (Lipinski definition) is 1. The number of nitrogens with zero attached hydrogens (tertiary/aromatic N) is 1. The van der Waals surface area contributed by atoms with Crippen LogP contribution in [0.3, 0.4) is 0 Å². The van der Waals surface area contributed by atoms with Gasteiger partial charge in [-0.1, -0.05) is 54.8 Å². The van der Waals surface area contributed by atoms with Gasteiger partial charge in [-0.15, -0.1) is 0 Å². The second-order valence-electron chi connectivity index (χ2n) is 6.68. The van der Waals surface area contributed by atoms with Crippen molar-refractivity contribution >= 4 is 17.5 Å². The molecule has 1 saturated heterocycles. The molecule has 5 heteroatoms. The fourth-order valence-corrected chi connectivity index (χ4v) is 3.78. The van der Waals surface area contributed by atoms with Gasteiger partial charge in [0.2, 0.25) is 0 Å². The monoisotopic (exact) mass is 374 g/mol. The van der Waals surface area contributed by atoms with Crippen molar-refractivity contribution in [3.63, 3.8) is 0 Å². The minimum Gasteiger partial charge on any atom is -0.350 e. The molecule has 1 aliphatic heterocycles. The van der Waals surface area contributed by atoms with Crippen LogP contribution in [-0.2, 0) is 0 Å². The Hall–Kier alpha value is -1.91. The van der Waals surface area contributed by atoms with Crippen LogP contribution in [0.5, 0.6) is 0 Å². The Kier molecular flexibility index (Phi) is 6.64. The molecule has 138 valence electrons. The van der Waals surface area contributed by atoms with Crippen LogP contribution in [0.1, 0.15) is 47.6 Å². The molecule has 1 heterocycles. The van der Waals surface area contributed by atoms with E-state index in [1.54, 1.807) is 12.1 Å². The smallest absolute Gasteiger partial charge is 0.254 e. The third-order valence-corrected chi connectivity index (χ3v) is 5.26. The van der Waals surface area contributed by atoms with Gasteiger partial charge in [0.25, 0.3) is 5.91 Å². The first-order valence-corrected chi connectivity index (χ1v) is 9.56. The second kappa shape index (κ2) is 9.15. The summed E-state index contributed by atoms with van der Waals surface area (Å²) in [5, 5.41) is 3.60. The molecule has 0 saturated carbocycles. The lowest BCUT2D eigenvalue weighted by atomic mass is 10.0. The Morgan fingerprint density at radius 1 is 1.04 bits per heavy atom. The molecule has 0 aliphatic carbocycles. The predicted molar refractivity (Wildman–Crippen MR) is 103 cm³/mol. The van der Waals surface area contributed by atoms with Crippen molar-refractivity contribution in [1.82, 2.24) is 10.2 Å². The second-order valence-corrected chi connectivity index (χ2v) is 7.08. The minimum atomic E-state index is -0.505. The number of amides is 1. The summed E-state index contributed by atoms with van der Waals surface area (Å²) >= 11 is 6.44. The quantitative estimate of drug-likeness (QED) is 0.813. The number of carbonyl (C=O) groups is 1. The van der Waals surface area contributed by atoms with Gasteiger partial charge in [0.05, 0.1) is 11.6 Å². The van der Waals surface area contributed by atoms with Gasteiger partial charge in [0.15, 0.2) is 0 Å². The lowest BCUT2D eigenvalue weighted by Crippen LogP contribution is -2.39. The topological polar surface area (TPSA) is 32.3 Å². The summed E-state index contributed by atoms with van der Waals surface area (Å²) in [6, 6.07) is 13.8. The van der Waals surface area contributed by atoms with E-state index < -0.39 is 11.7 Å². The first-order valence-electron chi connectivity index (χ1n) is 9.18. The minimum absolute atomic E-state index is 0.0162. The first-order chi connectivity index (χ1) is 12.7. The molecule has 1 fully saturated rings. The number of likely N-dealkylation sites (tertiary alicyclic amines) is 1. The summed E-state index contributed by atoms with van der Waals surface area (Å²) in [7, 11) is 0. The molecule has 1 atom stereocenters.